The van der Waals surface area contributed by atoms with Gasteiger partial charge in [-0.2, -0.15) is 4.98 Å². The van der Waals surface area contributed by atoms with Crippen LogP contribution in [0.25, 0.3) is 0 Å². The second-order valence-corrected chi connectivity index (χ2v) is 3.25. The molecule has 1 heterocycles. The minimum absolute atomic E-state index is 0.0466. The van der Waals surface area contributed by atoms with Crippen LogP contribution in [0.5, 0.6) is 5.88 Å². The summed E-state index contributed by atoms with van der Waals surface area (Å²) in [5.74, 6) is -1.04. The van der Waals surface area contributed by atoms with E-state index in [1.54, 1.807) is 6.26 Å². The molecule has 0 atom stereocenters. The summed E-state index contributed by atoms with van der Waals surface area (Å²) >= 11 is 1.32. The molecule has 80 valence electrons. The van der Waals surface area contributed by atoms with E-state index in [0.29, 0.717) is 5.16 Å². The van der Waals surface area contributed by atoms with E-state index in [1.165, 1.54) is 24.0 Å². The second-order valence-electron chi connectivity index (χ2n) is 2.48. The molecule has 15 heavy (non-hydrogen) atoms. The lowest BCUT2D eigenvalue weighted by molar-refractivity contribution is 0.0691. The molecule has 1 rings (SSSR count). The van der Waals surface area contributed by atoms with Gasteiger partial charge in [0.2, 0.25) is 5.88 Å². The Hall–Kier alpha value is -1.56. The number of aromatic carboxylic acids is 1. The van der Waals surface area contributed by atoms with E-state index >= 15 is 0 Å². The zero-order valence-electron chi connectivity index (χ0n) is 8.14. The minimum atomic E-state index is -1.11. The van der Waals surface area contributed by atoms with Gasteiger partial charge in [0.1, 0.15) is 12.2 Å². The van der Waals surface area contributed by atoms with E-state index in [0.717, 1.165) is 0 Å². The average molecular weight is 226 g/mol. The van der Waals surface area contributed by atoms with Crippen LogP contribution in [-0.2, 0) is 0 Å². The Kier molecular flexibility index (Phi) is 4.11. The standard InChI is InChI=1S/C9H10N2O3S/c1-3-4-14-7-6(8(12)13)5-10-9(11-7)15-2/h3,5H,1,4H2,2H3,(H,12,13). The smallest absolute Gasteiger partial charge is 0.342 e. The quantitative estimate of drug-likeness (QED) is 0.465. The van der Waals surface area contributed by atoms with Crippen LogP contribution in [0.4, 0.5) is 0 Å². The lowest BCUT2D eigenvalue weighted by Gasteiger charge is -2.06. The van der Waals surface area contributed by atoms with Crippen molar-refractivity contribution in [2.45, 2.75) is 5.16 Å². The van der Waals surface area contributed by atoms with Gasteiger partial charge in [0.05, 0.1) is 0 Å². The molecule has 1 N–H and O–H groups in total. The highest BCUT2D eigenvalue weighted by atomic mass is 32.2. The Morgan fingerprint density at radius 2 is 2.53 bits per heavy atom. The molecule has 0 aliphatic heterocycles. The van der Waals surface area contributed by atoms with E-state index in [4.69, 9.17) is 9.84 Å². The van der Waals surface area contributed by atoms with Gasteiger partial charge in [-0.3, -0.25) is 0 Å². The van der Waals surface area contributed by atoms with Gasteiger partial charge in [0.15, 0.2) is 5.16 Å². The number of carboxylic acids is 1. The Balaban J connectivity index is 3.04. The fourth-order valence-electron chi connectivity index (χ4n) is 0.844. The van der Waals surface area contributed by atoms with Gasteiger partial charge < -0.3 is 9.84 Å². The minimum Gasteiger partial charge on any atom is -0.477 e. The molecule has 0 aromatic carbocycles. The van der Waals surface area contributed by atoms with Gasteiger partial charge in [-0.05, 0) is 6.26 Å². The molecular weight excluding hydrogens is 216 g/mol. The van der Waals surface area contributed by atoms with Crippen LogP contribution in [0.2, 0.25) is 0 Å². The highest BCUT2D eigenvalue weighted by Gasteiger charge is 2.14. The SMILES string of the molecule is C=CCOc1nc(SC)ncc1C(=O)O. The van der Waals surface area contributed by atoms with Gasteiger partial charge >= 0.3 is 5.97 Å². The molecule has 0 aliphatic carbocycles. The maximum atomic E-state index is 10.8. The van der Waals surface area contributed by atoms with Crippen LogP contribution in [0.1, 0.15) is 10.4 Å². The first-order chi connectivity index (χ1) is 7.19. The van der Waals surface area contributed by atoms with Crippen molar-refractivity contribution in [3.63, 3.8) is 0 Å². The van der Waals surface area contributed by atoms with E-state index in [1.807, 2.05) is 0 Å². The molecule has 0 bridgehead atoms. The van der Waals surface area contributed by atoms with E-state index in [9.17, 15) is 4.79 Å². The number of aromatic nitrogens is 2. The predicted octanol–water partition coefficient (Wildman–Crippen LogP) is 1.46. The van der Waals surface area contributed by atoms with Crippen molar-refractivity contribution in [1.29, 1.82) is 0 Å². The lowest BCUT2D eigenvalue weighted by atomic mass is 10.3. The van der Waals surface area contributed by atoms with Crippen LogP contribution in [0.15, 0.2) is 24.0 Å². The highest BCUT2D eigenvalue weighted by Crippen LogP contribution is 2.18. The van der Waals surface area contributed by atoms with Gasteiger partial charge in [-0.1, -0.05) is 24.4 Å². The number of thioether (sulfide) groups is 1. The first-order valence-electron chi connectivity index (χ1n) is 4.07. The molecular formula is C9H10N2O3S. The summed E-state index contributed by atoms with van der Waals surface area (Å²) in [6, 6.07) is 0. The third-order valence-electron chi connectivity index (χ3n) is 1.48. The lowest BCUT2D eigenvalue weighted by Crippen LogP contribution is -2.06. The van der Waals surface area contributed by atoms with Gasteiger partial charge in [0, 0.05) is 6.20 Å². The second kappa shape index (κ2) is 5.35. The van der Waals surface area contributed by atoms with Crippen LogP contribution in [0, 0.1) is 0 Å². The van der Waals surface area contributed by atoms with E-state index < -0.39 is 5.97 Å². The Morgan fingerprint density at radius 1 is 1.80 bits per heavy atom. The van der Waals surface area contributed by atoms with Crippen molar-refractivity contribution >= 4 is 17.7 Å². The molecule has 0 saturated carbocycles. The summed E-state index contributed by atoms with van der Waals surface area (Å²) in [6.07, 6.45) is 4.55. The monoisotopic (exact) mass is 226 g/mol. The normalized spacial score (nSPS) is 9.67. The molecule has 5 nitrogen and oxygen atoms in total. The number of hydrogen-bond acceptors (Lipinski definition) is 5. The molecule has 0 spiro atoms. The third kappa shape index (κ3) is 2.95. The highest BCUT2D eigenvalue weighted by molar-refractivity contribution is 7.98. The van der Waals surface area contributed by atoms with Crippen LogP contribution >= 0.6 is 11.8 Å². The van der Waals surface area contributed by atoms with Crippen molar-refractivity contribution in [2.24, 2.45) is 0 Å². The fraction of sp³-hybridized carbons (Fsp3) is 0.222. The third-order valence-corrected chi connectivity index (χ3v) is 2.04. The van der Waals surface area contributed by atoms with Crippen LogP contribution in [-0.4, -0.2) is 33.9 Å². The summed E-state index contributed by atoms with van der Waals surface area (Å²) < 4.78 is 5.13. The molecule has 0 radical (unpaired) electrons. The molecule has 0 fully saturated rings. The summed E-state index contributed by atoms with van der Waals surface area (Å²) in [4.78, 5) is 18.6. The Morgan fingerprint density at radius 3 is 3.07 bits per heavy atom. The molecule has 0 aliphatic rings. The average Bonchev–Trinajstić information content (AvgIpc) is 2.25. The van der Waals surface area contributed by atoms with Crippen molar-refractivity contribution in [3.05, 3.63) is 24.4 Å². The largest absolute Gasteiger partial charge is 0.477 e. The number of nitrogens with zero attached hydrogens (tertiary/aromatic N) is 2. The molecule has 1 aromatic rings. The van der Waals surface area contributed by atoms with E-state index in [-0.39, 0.29) is 18.1 Å². The maximum absolute atomic E-state index is 10.8. The van der Waals surface area contributed by atoms with Crippen LogP contribution in [0.3, 0.4) is 0 Å². The zero-order valence-corrected chi connectivity index (χ0v) is 8.95. The molecule has 1 aromatic heterocycles. The number of carboxylic acid groups (broad SMARTS) is 1. The first kappa shape index (κ1) is 11.5. The van der Waals surface area contributed by atoms with Gasteiger partial charge in [-0.15, -0.1) is 0 Å². The van der Waals surface area contributed by atoms with E-state index in [2.05, 4.69) is 16.5 Å². The Labute approximate surface area is 91.2 Å². The summed E-state index contributed by atoms with van der Waals surface area (Å²) in [5.41, 5.74) is -0.0466. The zero-order chi connectivity index (χ0) is 11.3. The topological polar surface area (TPSA) is 72.3 Å². The molecule has 0 amide bonds. The van der Waals surface area contributed by atoms with Crippen molar-refractivity contribution < 1.29 is 14.6 Å². The number of ether oxygens (including phenoxy) is 1. The van der Waals surface area contributed by atoms with Crippen LogP contribution < -0.4 is 4.74 Å². The maximum Gasteiger partial charge on any atom is 0.342 e. The van der Waals surface area contributed by atoms with Crippen molar-refractivity contribution in [3.8, 4) is 5.88 Å². The Bertz CT molecular complexity index is 382. The summed E-state index contributed by atoms with van der Waals surface area (Å²) in [7, 11) is 0. The summed E-state index contributed by atoms with van der Waals surface area (Å²) in [5, 5.41) is 9.31. The number of hydrogen-bond donors (Lipinski definition) is 1. The fourth-order valence-corrected chi connectivity index (χ4v) is 1.18. The summed E-state index contributed by atoms with van der Waals surface area (Å²) in [6.45, 7) is 3.69. The van der Waals surface area contributed by atoms with Gasteiger partial charge in [0.25, 0.3) is 0 Å². The molecule has 6 heteroatoms. The molecule has 0 saturated heterocycles. The molecule has 0 unspecified atom stereocenters. The number of carbonyl (C=O) groups is 1. The predicted molar refractivity (Wildman–Crippen MR) is 56.5 cm³/mol. The first-order valence-corrected chi connectivity index (χ1v) is 5.29. The van der Waals surface area contributed by atoms with Crippen molar-refractivity contribution in [2.75, 3.05) is 12.9 Å². The number of rotatable bonds is 5. The van der Waals surface area contributed by atoms with Gasteiger partial charge in [-0.25, -0.2) is 9.78 Å². The van der Waals surface area contributed by atoms with Crippen molar-refractivity contribution in [1.82, 2.24) is 9.97 Å².